The van der Waals surface area contributed by atoms with E-state index in [1.54, 1.807) is 0 Å². The van der Waals surface area contributed by atoms with Crippen molar-refractivity contribution in [2.24, 2.45) is 0 Å². The maximum Gasteiger partial charge on any atom is 0.117 e. The maximum atomic E-state index is 8.29. The molecular weight excluding hydrogens is 183 g/mol. The summed E-state index contributed by atoms with van der Waals surface area (Å²) in [5.41, 5.74) is 1.00. The van der Waals surface area contributed by atoms with Crippen LogP contribution in [0.25, 0.3) is 0 Å². The molecule has 1 atom stereocenters. The quantitative estimate of drug-likeness (QED) is 0.488. The second-order valence-corrected chi connectivity index (χ2v) is 4.00. The minimum Gasteiger partial charge on any atom is -0.340 e. The fourth-order valence-electron chi connectivity index (χ4n) is 0.836. The monoisotopic (exact) mass is 200 g/mol. The summed E-state index contributed by atoms with van der Waals surface area (Å²) in [5.74, 6) is 0. The van der Waals surface area contributed by atoms with Gasteiger partial charge in [0, 0.05) is 11.7 Å². The zero-order valence-electron chi connectivity index (χ0n) is 8.50. The fourth-order valence-corrected chi connectivity index (χ4v) is 1.54. The molecule has 0 aliphatic carbocycles. The third kappa shape index (κ3) is 5.63. The van der Waals surface area contributed by atoms with Crippen LogP contribution in [0, 0.1) is 11.3 Å². The number of nitrogens with zero attached hydrogens (tertiary/aromatic N) is 2. The average molecular weight is 200 g/mol. The summed E-state index contributed by atoms with van der Waals surface area (Å²) in [7, 11) is 0.277. The molecule has 4 heteroatoms. The summed E-state index contributed by atoms with van der Waals surface area (Å²) >= 11 is 0. The van der Waals surface area contributed by atoms with Gasteiger partial charge in [0.25, 0.3) is 0 Å². The summed E-state index contributed by atoms with van der Waals surface area (Å²) in [6, 6.07) is 2.44. The Hall–Kier alpha value is -0.580. The molecule has 1 unspecified atom stereocenters. The molecule has 0 aliphatic rings. The molecule has 0 saturated heterocycles. The van der Waals surface area contributed by atoms with Gasteiger partial charge in [-0.25, -0.2) is 0 Å². The largest absolute Gasteiger partial charge is 0.340 e. The first-order valence-corrected chi connectivity index (χ1v) is 5.14. The van der Waals surface area contributed by atoms with Crippen LogP contribution in [0.5, 0.6) is 0 Å². The topological polar surface area (TPSA) is 36.3 Å². The molecule has 0 rings (SSSR count). The molecule has 0 aromatic heterocycles. The third-order valence-electron chi connectivity index (χ3n) is 1.41. The molecule has 0 saturated carbocycles. The van der Waals surface area contributed by atoms with Crippen LogP contribution < -0.4 is 0 Å². The van der Waals surface area contributed by atoms with Gasteiger partial charge in [-0.2, -0.15) is 5.26 Å². The molecule has 3 nitrogen and oxygen atoms in total. The first-order valence-electron chi connectivity index (χ1n) is 4.28. The predicted octanol–water partition coefficient (Wildman–Crippen LogP) is 2.67. The second kappa shape index (κ2) is 6.88. The molecule has 0 aromatic rings. The highest BCUT2D eigenvalue weighted by atomic mass is 31.1. The van der Waals surface area contributed by atoms with Crippen molar-refractivity contribution in [2.45, 2.75) is 33.2 Å². The van der Waals surface area contributed by atoms with E-state index < -0.39 is 0 Å². The molecule has 74 valence electrons. The van der Waals surface area contributed by atoms with Gasteiger partial charge < -0.3 is 9.19 Å². The van der Waals surface area contributed by atoms with Crippen LogP contribution in [-0.2, 0) is 4.52 Å². The van der Waals surface area contributed by atoms with Gasteiger partial charge in [-0.15, -0.1) is 0 Å². The lowest BCUT2D eigenvalue weighted by Crippen LogP contribution is -2.20. The van der Waals surface area contributed by atoms with Gasteiger partial charge >= 0.3 is 0 Å². The van der Waals surface area contributed by atoms with E-state index in [0.717, 1.165) is 5.70 Å². The number of nitriles is 1. The molecule has 13 heavy (non-hydrogen) atoms. The average Bonchev–Trinajstić information content (AvgIpc) is 2.02. The van der Waals surface area contributed by atoms with Crippen LogP contribution in [0.2, 0.25) is 0 Å². The highest BCUT2D eigenvalue weighted by Gasteiger charge is 2.07. The minimum atomic E-state index is 0.277. The lowest BCUT2D eigenvalue weighted by Gasteiger charge is -2.27. The Labute approximate surface area is 82.3 Å². The standard InChI is InChI=1S/C9H17N2OP/c1-8(2)11(9(3)4)13-12-7-5-6-10/h9,13H,1,5,7H2,2-4H3. The van der Waals surface area contributed by atoms with E-state index in [2.05, 4.69) is 25.1 Å². The van der Waals surface area contributed by atoms with Crippen LogP contribution in [0.1, 0.15) is 27.2 Å². The van der Waals surface area contributed by atoms with Gasteiger partial charge in [0.15, 0.2) is 0 Å². The molecule has 0 aromatic carbocycles. The summed E-state index contributed by atoms with van der Waals surface area (Å²) in [6.07, 6.45) is 0.453. The Morgan fingerprint density at radius 3 is 2.69 bits per heavy atom. The Morgan fingerprint density at radius 1 is 1.69 bits per heavy atom. The van der Waals surface area contributed by atoms with Gasteiger partial charge in [-0.05, 0) is 20.8 Å². The van der Waals surface area contributed by atoms with E-state index in [1.165, 1.54) is 0 Å². The molecular formula is C9H17N2OP. The van der Waals surface area contributed by atoms with Gasteiger partial charge in [0.1, 0.15) is 8.96 Å². The molecule has 0 fully saturated rings. The highest BCUT2D eigenvalue weighted by molar-refractivity contribution is 7.29. The lowest BCUT2D eigenvalue weighted by atomic mass is 10.4. The summed E-state index contributed by atoms with van der Waals surface area (Å²) in [5, 5.41) is 8.29. The van der Waals surface area contributed by atoms with Crippen molar-refractivity contribution < 1.29 is 4.52 Å². The zero-order valence-corrected chi connectivity index (χ0v) is 9.50. The SMILES string of the molecule is C=C(C)N(POCCC#N)C(C)C. The first-order chi connectivity index (χ1) is 6.09. The molecule has 0 spiro atoms. The van der Waals surface area contributed by atoms with Gasteiger partial charge in [0.05, 0.1) is 19.1 Å². The van der Waals surface area contributed by atoms with Crippen LogP contribution in [0.3, 0.4) is 0 Å². The zero-order chi connectivity index (χ0) is 10.3. The molecule has 0 radical (unpaired) electrons. The van der Waals surface area contributed by atoms with Gasteiger partial charge in [0.2, 0.25) is 0 Å². The van der Waals surface area contributed by atoms with E-state index in [-0.39, 0.29) is 8.96 Å². The molecule has 0 heterocycles. The Bertz CT molecular complexity index is 198. The predicted molar refractivity (Wildman–Crippen MR) is 56.3 cm³/mol. The first kappa shape index (κ1) is 12.4. The Kier molecular flexibility index (Phi) is 6.58. The molecule has 0 N–H and O–H groups in total. The fraction of sp³-hybridized carbons (Fsp3) is 0.667. The van der Waals surface area contributed by atoms with Gasteiger partial charge in [-0.1, -0.05) is 6.58 Å². The van der Waals surface area contributed by atoms with E-state index in [1.807, 2.05) is 13.0 Å². The molecule has 0 bridgehead atoms. The minimum absolute atomic E-state index is 0.277. The Morgan fingerprint density at radius 2 is 2.31 bits per heavy atom. The number of hydrogen-bond acceptors (Lipinski definition) is 3. The van der Waals surface area contributed by atoms with Crippen molar-refractivity contribution >= 4 is 8.96 Å². The normalized spacial score (nSPS) is 10.7. The van der Waals surface area contributed by atoms with E-state index in [4.69, 9.17) is 9.79 Å². The maximum absolute atomic E-state index is 8.29. The van der Waals surface area contributed by atoms with E-state index in [9.17, 15) is 0 Å². The van der Waals surface area contributed by atoms with Crippen LogP contribution in [0.15, 0.2) is 12.3 Å². The lowest BCUT2D eigenvalue weighted by molar-refractivity contribution is 0.328. The van der Waals surface area contributed by atoms with Crippen molar-refractivity contribution in [2.75, 3.05) is 6.61 Å². The van der Waals surface area contributed by atoms with E-state index >= 15 is 0 Å². The van der Waals surface area contributed by atoms with Crippen molar-refractivity contribution in [3.63, 3.8) is 0 Å². The van der Waals surface area contributed by atoms with Crippen molar-refractivity contribution in [3.05, 3.63) is 12.3 Å². The number of rotatable bonds is 6. The van der Waals surface area contributed by atoms with Crippen LogP contribution in [-0.4, -0.2) is 17.3 Å². The second-order valence-electron chi connectivity index (χ2n) is 3.05. The summed E-state index contributed by atoms with van der Waals surface area (Å²) < 4.78 is 7.41. The number of hydrogen-bond donors (Lipinski definition) is 0. The smallest absolute Gasteiger partial charge is 0.117 e. The van der Waals surface area contributed by atoms with Crippen molar-refractivity contribution in [1.82, 2.24) is 4.67 Å². The van der Waals surface area contributed by atoms with E-state index in [0.29, 0.717) is 19.1 Å². The van der Waals surface area contributed by atoms with Crippen LogP contribution in [0.4, 0.5) is 0 Å². The van der Waals surface area contributed by atoms with Crippen LogP contribution >= 0.6 is 8.96 Å². The molecule has 0 aliphatic heterocycles. The summed E-state index contributed by atoms with van der Waals surface area (Å²) in [6.45, 7) is 10.5. The Balaban J connectivity index is 3.72. The number of allylic oxidation sites excluding steroid dienone is 1. The summed E-state index contributed by atoms with van der Waals surface area (Å²) in [4.78, 5) is 0. The third-order valence-corrected chi connectivity index (χ3v) is 2.83. The van der Waals surface area contributed by atoms with Crippen molar-refractivity contribution in [1.29, 1.82) is 5.26 Å². The molecule has 0 amide bonds. The highest BCUT2D eigenvalue weighted by Crippen LogP contribution is 2.26. The van der Waals surface area contributed by atoms with Crippen molar-refractivity contribution in [3.8, 4) is 6.07 Å². The van der Waals surface area contributed by atoms with Gasteiger partial charge in [-0.3, -0.25) is 0 Å².